The molecule has 0 aromatic carbocycles. The summed E-state index contributed by atoms with van der Waals surface area (Å²) in [5, 5.41) is 0. The highest BCUT2D eigenvalue weighted by Gasteiger charge is 2.08. The Morgan fingerprint density at radius 2 is 2.38 bits per heavy atom. The quantitative estimate of drug-likeness (QED) is 0.736. The number of hydrogen-bond donors (Lipinski definition) is 1. The minimum atomic E-state index is 0.331. The van der Waals surface area contributed by atoms with Gasteiger partial charge in [0.2, 0.25) is 0 Å². The van der Waals surface area contributed by atoms with E-state index < -0.39 is 0 Å². The summed E-state index contributed by atoms with van der Waals surface area (Å²) in [6.45, 7) is 2.72. The number of nitrogens with two attached hydrogens (primary N) is 1. The molecule has 2 heterocycles. The molecule has 0 saturated heterocycles. The van der Waals surface area contributed by atoms with Gasteiger partial charge >= 0.3 is 0 Å². The summed E-state index contributed by atoms with van der Waals surface area (Å²) in [4.78, 5) is 8.23. The lowest BCUT2D eigenvalue weighted by Gasteiger charge is -2.06. The van der Waals surface area contributed by atoms with E-state index in [1.165, 1.54) is 0 Å². The molecule has 1 unspecified atom stereocenters. The second kappa shape index (κ2) is 3.14. The second-order valence-corrected chi connectivity index (χ2v) is 3.12. The van der Waals surface area contributed by atoms with Crippen molar-refractivity contribution in [1.29, 1.82) is 0 Å². The van der Waals surface area contributed by atoms with Gasteiger partial charge in [-0.05, 0) is 0 Å². The highest BCUT2D eigenvalue weighted by molar-refractivity contribution is 5.37. The number of rotatable bonds is 2. The summed E-state index contributed by atoms with van der Waals surface area (Å²) in [7, 11) is 0. The Morgan fingerprint density at radius 1 is 1.54 bits per heavy atom. The first-order chi connectivity index (χ1) is 6.33. The molecule has 1 atom stereocenters. The molecule has 0 aliphatic heterocycles. The number of imidazole rings is 1. The van der Waals surface area contributed by atoms with Crippen LogP contribution in [0.3, 0.4) is 0 Å². The van der Waals surface area contributed by atoms with E-state index in [1.54, 1.807) is 12.4 Å². The lowest BCUT2D eigenvalue weighted by Crippen LogP contribution is -2.10. The normalized spacial score (nSPS) is 13.4. The van der Waals surface area contributed by atoms with Crippen molar-refractivity contribution >= 4 is 5.65 Å². The average Bonchev–Trinajstić information content (AvgIpc) is 2.60. The Morgan fingerprint density at radius 3 is 3.15 bits per heavy atom. The van der Waals surface area contributed by atoms with Crippen LogP contribution in [0.5, 0.6) is 0 Å². The molecule has 4 heteroatoms. The molecule has 0 saturated carbocycles. The van der Waals surface area contributed by atoms with Gasteiger partial charge in [0.25, 0.3) is 0 Å². The minimum absolute atomic E-state index is 0.331. The van der Waals surface area contributed by atoms with Crippen molar-refractivity contribution in [2.24, 2.45) is 5.73 Å². The smallest absolute Gasteiger partial charge is 0.155 e. The standard InChI is InChI=1S/C9H12N4/c1-7(4-10)8-5-12-9-6-11-2-3-13(8)9/h2-3,5-7H,4,10H2,1H3. The molecule has 13 heavy (non-hydrogen) atoms. The SMILES string of the molecule is CC(CN)c1cnc2cnccn12. The Hall–Kier alpha value is -1.42. The van der Waals surface area contributed by atoms with Crippen molar-refractivity contribution < 1.29 is 0 Å². The van der Waals surface area contributed by atoms with Gasteiger partial charge in [-0.1, -0.05) is 6.92 Å². The van der Waals surface area contributed by atoms with Crippen LogP contribution >= 0.6 is 0 Å². The molecule has 0 bridgehead atoms. The molecular weight excluding hydrogens is 164 g/mol. The van der Waals surface area contributed by atoms with Gasteiger partial charge in [0.15, 0.2) is 5.65 Å². The van der Waals surface area contributed by atoms with E-state index in [4.69, 9.17) is 5.73 Å². The molecule has 2 aromatic rings. The van der Waals surface area contributed by atoms with E-state index in [0.717, 1.165) is 11.3 Å². The third-order valence-electron chi connectivity index (χ3n) is 2.20. The summed E-state index contributed by atoms with van der Waals surface area (Å²) >= 11 is 0. The maximum atomic E-state index is 5.60. The van der Waals surface area contributed by atoms with Gasteiger partial charge in [0.05, 0.1) is 6.20 Å². The van der Waals surface area contributed by atoms with Crippen LogP contribution in [0.4, 0.5) is 0 Å². The van der Waals surface area contributed by atoms with Gasteiger partial charge in [-0.15, -0.1) is 0 Å². The largest absolute Gasteiger partial charge is 0.330 e. The van der Waals surface area contributed by atoms with Crippen LogP contribution in [0.25, 0.3) is 5.65 Å². The molecule has 2 rings (SSSR count). The van der Waals surface area contributed by atoms with Crippen LogP contribution in [-0.2, 0) is 0 Å². The summed E-state index contributed by atoms with van der Waals surface area (Å²) in [5.41, 5.74) is 7.61. The first-order valence-corrected chi connectivity index (χ1v) is 4.30. The van der Waals surface area contributed by atoms with E-state index in [9.17, 15) is 0 Å². The van der Waals surface area contributed by atoms with Gasteiger partial charge in [0, 0.05) is 36.7 Å². The van der Waals surface area contributed by atoms with Gasteiger partial charge < -0.3 is 10.1 Å². The fourth-order valence-corrected chi connectivity index (χ4v) is 1.35. The van der Waals surface area contributed by atoms with Crippen LogP contribution < -0.4 is 5.73 Å². The maximum absolute atomic E-state index is 5.60. The fraction of sp³-hybridized carbons (Fsp3) is 0.333. The molecule has 2 N–H and O–H groups in total. The molecule has 2 aromatic heterocycles. The van der Waals surface area contributed by atoms with Crippen LogP contribution in [0, 0.1) is 0 Å². The lowest BCUT2D eigenvalue weighted by molar-refractivity contribution is 0.735. The molecule has 0 radical (unpaired) electrons. The molecule has 4 nitrogen and oxygen atoms in total. The van der Waals surface area contributed by atoms with E-state index in [2.05, 4.69) is 16.9 Å². The molecule has 68 valence electrons. The van der Waals surface area contributed by atoms with E-state index in [0.29, 0.717) is 12.5 Å². The number of nitrogens with zero attached hydrogens (tertiary/aromatic N) is 3. The summed E-state index contributed by atoms with van der Waals surface area (Å²) in [6.07, 6.45) is 7.26. The minimum Gasteiger partial charge on any atom is -0.330 e. The highest BCUT2D eigenvalue weighted by atomic mass is 15.0. The third kappa shape index (κ3) is 1.29. The first kappa shape index (κ1) is 8.19. The molecule has 0 aliphatic carbocycles. The second-order valence-electron chi connectivity index (χ2n) is 3.12. The number of aromatic nitrogens is 3. The molecule has 0 fully saturated rings. The van der Waals surface area contributed by atoms with Crippen molar-refractivity contribution in [2.45, 2.75) is 12.8 Å². The van der Waals surface area contributed by atoms with Crippen molar-refractivity contribution in [3.05, 3.63) is 30.5 Å². The van der Waals surface area contributed by atoms with Gasteiger partial charge in [-0.3, -0.25) is 4.98 Å². The van der Waals surface area contributed by atoms with E-state index >= 15 is 0 Å². The zero-order chi connectivity index (χ0) is 9.26. The summed E-state index contributed by atoms with van der Waals surface area (Å²) in [5.74, 6) is 0.331. The maximum Gasteiger partial charge on any atom is 0.155 e. The van der Waals surface area contributed by atoms with Crippen molar-refractivity contribution in [3.63, 3.8) is 0 Å². The van der Waals surface area contributed by atoms with E-state index in [-0.39, 0.29) is 0 Å². The lowest BCUT2D eigenvalue weighted by atomic mass is 10.1. The topological polar surface area (TPSA) is 56.2 Å². The van der Waals surface area contributed by atoms with Gasteiger partial charge in [0.1, 0.15) is 0 Å². The Balaban J connectivity index is 2.57. The predicted molar refractivity (Wildman–Crippen MR) is 50.5 cm³/mol. The molecular formula is C9H12N4. The third-order valence-corrected chi connectivity index (χ3v) is 2.20. The predicted octanol–water partition coefficient (Wildman–Crippen LogP) is 0.791. The summed E-state index contributed by atoms with van der Waals surface area (Å²) in [6, 6.07) is 0. The molecule has 0 aliphatic rings. The van der Waals surface area contributed by atoms with Crippen molar-refractivity contribution in [3.8, 4) is 0 Å². The van der Waals surface area contributed by atoms with Crippen LogP contribution in [0.1, 0.15) is 18.5 Å². The van der Waals surface area contributed by atoms with Crippen LogP contribution in [0.2, 0.25) is 0 Å². The van der Waals surface area contributed by atoms with Gasteiger partial charge in [-0.25, -0.2) is 4.98 Å². The summed E-state index contributed by atoms with van der Waals surface area (Å²) < 4.78 is 2.02. The van der Waals surface area contributed by atoms with E-state index in [1.807, 2.05) is 16.8 Å². The zero-order valence-corrected chi connectivity index (χ0v) is 7.51. The Labute approximate surface area is 76.4 Å². The Kier molecular flexibility index (Phi) is 1.98. The van der Waals surface area contributed by atoms with Crippen molar-refractivity contribution in [1.82, 2.24) is 14.4 Å². The highest BCUT2D eigenvalue weighted by Crippen LogP contribution is 2.14. The zero-order valence-electron chi connectivity index (χ0n) is 7.51. The number of fused-ring (bicyclic) bond motifs is 1. The van der Waals surface area contributed by atoms with Crippen LogP contribution in [0.15, 0.2) is 24.8 Å². The average molecular weight is 176 g/mol. The van der Waals surface area contributed by atoms with Crippen LogP contribution in [-0.4, -0.2) is 20.9 Å². The number of hydrogen-bond acceptors (Lipinski definition) is 3. The molecule has 0 amide bonds. The monoisotopic (exact) mass is 176 g/mol. The van der Waals surface area contributed by atoms with Gasteiger partial charge in [-0.2, -0.15) is 0 Å². The van der Waals surface area contributed by atoms with Crippen molar-refractivity contribution in [2.75, 3.05) is 6.54 Å². The Bertz CT molecular complexity index is 407. The fourth-order valence-electron chi connectivity index (χ4n) is 1.35. The molecule has 0 spiro atoms. The first-order valence-electron chi connectivity index (χ1n) is 4.30.